The van der Waals surface area contributed by atoms with Gasteiger partial charge in [-0.2, -0.15) is 0 Å². The summed E-state index contributed by atoms with van der Waals surface area (Å²) in [6.07, 6.45) is 1.26. The van der Waals surface area contributed by atoms with E-state index in [0.29, 0.717) is 32.5 Å². The molecule has 140 valence electrons. The van der Waals surface area contributed by atoms with Crippen LogP contribution in [0.4, 0.5) is 10.1 Å². The summed E-state index contributed by atoms with van der Waals surface area (Å²) in [7, 11) is 0. The molecule has 0 spiro atoms. The highest BCUT2D eigenvalue weighted by molar-refractivity contribution is 6.31. The lowest BCUT2D eigenvalue weighted by atomic mass is 9.95. The van der Waals surface area contributed by atoms with E-state index in [-0.39, 0.29) is 40.8 Å². The van der Waals surface area contributed by atoms with Gasteiger partial charge in [-0.25, -0.2) is 9.29 Å². The fraction of sp³-hybridized carbons (Fsp3) is 0.500. The predicted octanol–water partition coefficient (Wildman–Crippen LogP) is 2.39. The zero-order chi connectivity index (χ0) is 18.8. The molecule has 8 heteroatoms. The van der Waals surface area contributed by atoms with Gasteiger partial charge >= 0.3 is 5.97 Å². The van der Waals surface area contributed by atoms with Gasteiger partial charge in [-0.15, -0.1) is 0 Å². The van der Waals surface area contributed by atoms with Crippen molar-refractivity contribution in [3.8, 4) is 0 Å². The number of carbonyl (C=O) groups excluding carboxylic acids is 3. The summed E-state index contributed by atoms with van der Waals surface area (Å²) in [5.74, 6) is -1.65. The highest BCUT2D eigenvalue weighted by atomic mass is 35.5. The summed E-state index contributed by atoms with van der Waals surface area (Å²) in [5.41, 5.74) is 0.273. The number of rotatable bonds is 4. The lowest BCUT2D eigenvalue weighted by Gasteiger charge is -2.33. The number of benzene rings is 1. The van der Waals surface area contributed by atoms with Crippen LogP contribution in [0.2, 0.25) is 5.02 Å². The number of nitrogens with zero attached hydrogens (tertiary/aromatic N) is 2. The van der Waals surface area contributed by atoms with Crippen molar-refractivity contribution in [2.75, 3.05) is 24.6 Å². The number of hydrogen-bond donors (Lipinski definition) is 0. The van der Waals surface area contributed by atoms with Crippen LogP contribution < -0.4 is 4.90 Å². The third kappa shape index (κ3) is 3.59. The Hall–Kier alpha value is -1.99. The molecule has 0 N–H and O–H groups in total. The Labute approximate surface area is 155 Å². The number of halogens is 2. The van der Waals surface area contributed by atoms with Crippen molar-refractivity contribution >= 4 is 35.1 Å². The SMILES string of the molecule is CCOC(=O)C1CCN([C@@H]2CC(=O)N(c3ccc(F)c(Cl)c3)C2=O)CC1. The molecule has 2 heterocycles. The van der Waals surface area contributed by atoms with E-state index in [4.69, 9.17) is 16.3 Å². The molecule has 0 unspecified atom stereocenters. The van der Waals surface area contributed by atoms with E-state index in [2.05, 4.69) is 0 Å². The first-order valence-corrected chi connectivity index (χ1v) is 9.02. The third-order valence-corrected chi connectivity index (χ3v) is 5.16. The fourth-order valence-corrected chi connectivity index (χ4v) is 3.68. The van der Waals surface area contributed by atoms with Gasteiger partial charge in [0.15, 0.2) is 0 Å². The minimum absolute atomic E-state index is 0.0674. The molecule has 0 aromatic heterocycles. The van der Waals surface area contributed by atoms with Gasteiger partial charge in [-0.3, -0.25) is 19.3 Å². The molecule has 1 aromatic rings. The summed E-state index contributed by atoms with van der Waals surface area (Å²) in [4.78, 5) is 39.9. The van der Waals surface area contributed by atoms with Gasteiger partial charge in [0.25, 0.3) is 5.91 Å². The smallest absolute Gasteiger partial charge is 0.309 e. The molecule has 0 radical (unpaired) electrons. The maximum atomic E-state index is 13.3. The Morgan fingerprint density at radius 1 is 1.31 bits per heavy atom. The second-order valence-electron chi connectivity index (χ2n) is 6.45. The fourth-order valence-electron chi connectivity index (χ4n) is 3.50. The number of carbonyl (C=O) groups is 3. The molecule has 2 amide bonds. The van der Waals surface area contributed by atoms with Gasteiger partial charge in [0.1, 0.15) is 5.82 Å². The highest BCUT2D eigenvalue weighted by Gasteiger charge is 2.44. The molecule has 2 aliphatic rings. The Morgan fingerprint density at radius 2 is 2.00 bits per heavy atom. The van der Waals surface area contributed by atoms with Crippen molar-refractivity contribution in [1.29, 1.82) is 0 Å². The maximum Gasteiger partial charge on any atom is 0.309 e. The minimum Gasteiger partial charge on any atom is -0.466 e. The second kappa shape index (κ2) is 7.72. The van der Waals surface area contributed by atoms with Crippen LogP contribution >= 0.6 is 11.6 Å². The van der Waals surface area contributed by atoms with Gasteiger partial charge in [0.2, 0.25) is 5.91 Å². The highest BCUT2D eigenvalue weighted by Crippen LogP contribution is 2.30. The molecular formula is C18H20ClFN2O4. The second-order valence-corrected chi connectivity index (χ2v) is 6.86. The quantitative estimate of drug-likeness (QED) is 0.591. The summed E-state index contributed by atoms with van der Waals surface area (Å²) in [5, 5.41) is -0.137. The third-order valence-electron chi connectivity index (χ3n) is 4.87. The van der Waals surface area contributed by atoms with Gasteiger partial charge < -0.3 is 4.74 Å². The topological polar surface area (TPSA) is 66.9 Å². The van der Waals surface area contributed by atoms with E-state index in [1.807, 2.05) is 4.90 Å². The number of ether oxygens (including phenoxy) is 1. The number of likely N-dealkylation sites (tertiary alicyclic amines) is 1. The van der Waals surface area contributed by atoms with Crippen molar-refractivity contribution in [2.24, 2.45) is 5.92 Å². The molecule has 3 rings (SSSR count). The number of anilines is 1. The van der Waals surface area contributed by atoms with Gasteiger partial charge in [-0.05, 0) is 51.1 Å². The normalized spacial score (nSPS) is 22.1. The zero-order valence-electron chi connectivity index (χ0n) is 14.4. The van der Waals surface area contributed by atoms with Crippen LogP contribution in [0.5, 0.6) is 0 Å². The van der Waals surface area contributed by atoms with E-state index in [1.54, 1.807) is 6.92 Å². The molecule has 26 heavy (non-hydrogen) atoms. The van der Waals surface area contributed by atoms with E-state index in [9.17, 15) is 18.8 Å². The van der Waals surface area contributed by atoms with Crippen LogP contribution in [0.25, 0.3) is 0 Å². The molecule has 0 aliphatic carbocycles. The summed E-state index contributed by atoms with van der Waals surface area (Å²) >= 11 is 5.77. The van der Waals surface area contributed by atoms with E-state index in [0.717, 1.165) is 11.0 Å². The molecule has 2 saturated heterocycles. The lowest BCUT2D eigenvalue weighted by Crippen LogP contribution is -2.47. The minimum atomic E-state index is -0.605. The summed E-state index contributed by atoms with van der Waals surface area (Å²) < 4.78 is 18.4. The van der Waals surface area contributed by atoms with Crippen molar-refractivity contribution < 1.29 is 23.5 Å². The number of imide groups is 1. The summed E-state index contributed by atoms with van der Waals surface area (Å²) in [6, 6.07) is 3.22. The van der Waals surface area contributed by atoms with Crippen molar-refractivity contribution in [3.05, 3.63) is 29.0 Å². The van der Waals surface area contributed by atoms with Crippen LogP contribution in [-0.2, 0) is 19.1 Å². The lowest BCUT2D eigenvalue weighted by molar-refractivity contribution is -0.149. The molecule has 0 bridgehead atoms. The zero-order valence-corrected chi connectivity index (χ0v) is 15.2. The molecule has 2 fully saturated rings. The van der Waals surface area contributed by atoms with Crippen molar-refractivity contribution in [1.82, 2.24) is 4.90 Å². The first kappa shape index (κ1) is 18.8. The number of amides is 2. The Balaban J connectivity index is 1.68. The van der Waals surface area contributed by atoms with Gasteiger partial charge in [0, 0.05) is 0 Å². The first-order valence-electron chi connectivity index (χ1n) is 8.65. The van der Waals surface area contributed by atoms with Crippen LogP contribution in [0.15, 0.2) is 18.2 Å². The average Bonchev–Trinajstić information content (AvgIpc) is 2.92. The Bertz CT molecular complexity index is 734. The number of hydrogen-bond acceptors (Lipinski definition) is 5. The van der Waals surface area contributed by atoms with E-state index in [1.165, 1.54) is 12.1 Å². The average molecular weight is 383 g/mol. The summed E-state index contributed by atoms with van der Waals surface area (Å²) in [6.45, 7) is 3.21. The van der Waals surface area contributed by atoms with E-state index >= 15 is 0 Å². The molecule has 2 aliphatic heterocycles. The largest absolute Gasteiger partial charge is 0.466 e. The molecule has 1 aromatic carbocycles. The van der Waals surface area contributed by atoms with Crippen LogP contribution in [0, 0.1) is 11.7 Å². The maximum absolute atomic E-state index is 13.3. The predicted molar refractivity (Wildman–Crippen MR) is 93.2 cm³/mol. The monoisotopic (exact) mass is 382 g/mol. The van der Waals surface area contributed by atoms with Crippen molar-refractivity contribution in [2.45, 2.75) is 32.2 Å². The van der Waals surface area contributed by atoms with Crippen molar-refractivity contribution in [3.63, 3.8) is 0 Å². The Morgan fingerprint density at radius 3 is 2.62 bits per heavy atom. The van der Waals surface area contributed by atoms with Gasteiger partial charge in [-0.1, -0.05) is 11.6 Å². The number of piperidine rings is 1. The van der Waals surface area contributed by atoms with E-state index < -0.39 is 11.9 Å². The van der Waals surface area contributed by atoms with Crippen LogP contribution in [-0.4, -0.2) is 48.4 Å². The molecule has 0 saturated carbocycles. The van der Waals surface area contributed by atoms with Crippen LogP contribution in [0.1, 0.15) is 26.2 Å². The first-order chi connectivity index (χ1) is 12.4. The van der Waals surface area contributed by atoms with Crippen LogP contribution in [0.3, 0.4) is 0 Å². The Kier molecular flexibility index (Phi) is 5.58. The molecule has 6 nitrogen and oxygen atoms in total. The molecule has 1 atom stereocenters. The number of esters is 1. The standard InChI is InChI=1S/C18H20ClFN2O4/c1-2-26-18(25)11-5-7-21(8-6-11)15-10-16(23)22(17(15)24)12-3-4-14(20)13(19)9-12/h3-4,9,11,15H,2,5-8,10H2,1H3/t15-/m1/s1. The molecular weight excluding hydrogens is 363 g/mol. The van der Waals surface area contributed by atoms with Gasteiger partial charge in [0.05, 0.1) is 35.7 Å².